The van der Waals surface area contributed by atoms with E-state index in [0.717, 1.165) is 50.2 Å². The lowest BCUT2D eigenvalue weighted by Crippen LogP contribution is -2.56. The number of hydrogen-bond acceptors (Lipinski definition) is 2. The molecule has 5 fully saturated rings. The van der Waals surface area contributed by atoms with Gasteiger partial charge < -0.3 is 10.6 Å². The Morgan fingerprint density at radius 3 is 2.61 bits per heavy atom. The summed E-state index contributed by atoms with van der Waals surface area (Å²) in [4.78, 5) is 3.57. The number of benzene rings is 1. The van der Waals surface area contributed by atoms with Gasteiger partial charge in [-0.1, -0.05) is 56.4 Å². The standard InChI is InChI=1S/C26H36F2N2S/c1-24(2)16-30(11-10-21(24)29)23(31)26-13-17-12-25(15-26,18-6-4-3-5-7-18)14-20(26)19(17)8-9-22(27)28/h3-7,17,19-22H,8-16,29H2,1-2H3/t17?,19?,20?,21-,25?,26?/m0/s1. The molecule has 0 amide bonds. The zero-order valence-electron chi connectivity index (χ0n) is 18.8. The number of nitrogens with zero attached hydrogens (tertiary/aromatic N) is 1. The van der Waals surface area contributed by atoms with E-state index in [9.17, 15) is 8.78 Å². The molecule has 6 rings (SSSR count). The van der Waals surface area contributed by atoms with Crippen molar-refractivity contribution in [1.29, 1.82) is 0 Å². The normalized spacial score (nSPS) is 40.6. The Balaban J connectivity index is 1.47. The van der Waals surface area contributed by atoms with Crippen LogP contribution in [0.15, 0.2) is 30.3 Å². The summed E-state index contributed by atoms with van der Waals surface area (Å²) in [6.45, 7) is 6.34. The summed E-state index contributed by atoms with van der Waals surface area (Å²) in [6.07, 6.45) is 3.89. The number of nitrogens with two attached hydrogens (primary N) is 1. The molecule has 170 valence electrons. The molecule has 2 N–H and O–H groups in total. The van der Waals surface area contributed by atoms with E-state index in [1.54, 1.807) is 0 Å². The molecule has 4 saturated carbocycles. The second kappa shape index (κ2) is 7.48. The molecular weight excluding hydrogens is 410 g/mol. The third-order valence-electron chi connectivity index (χ3n) is 9.51. The third-order valence-corrected chi connectivity index (χ3v) is 10.2. The van der Waals surface area contributed by atoms with E-state index in [4.69, 9.17) is 18.0 Å². The fraction of sp³-hybridized carbons (Fsp3) is 0.731. The Morgan fingerprint density at radius 1 is 1.19 bits per heavy atom. The summed E-state index contributed by atoms with van der Waals surface area (Å²) in [5, 5.41) is 0. The largest absolute Gasteiger partial charge is 0.365 e. The van der Waals surface area contributed by atoms with Crippen molar-refractivity contribution in [1.82, 2.24) is 4.90 Å². The van der Waals surface area contributed by atoms with Crippen LogP contribution in [0.2, 0.25) is 0 Å². The van der Waals surface area contributed by atoms with E-state index in [1.807, 2.05) is 0 Å². The molecule has 1 aromatic rings. The molecule has 31 heavy (non-hydrogen) atoms. The highest BCUT2D eigenvalue weighted by atomic mass is 32.1. The van der Waals surface area contributed by atoms with Crippen LogP contribution in [0.1, 0.15) is 64.4 Å². The first kappa shape index (κ1) is 21.8. The zero-order chi connectivity index (χ0) is 22.0. The lowest BCUT2D eigenvalue weighted by Gasteiger charge is -2.49. The topological polar surface area (TPSA) is 29.3 Å². The highest BCUT2D eigenvalue weighted by Crippen LogP contribution is 2.74. The molecule has 1 aliphatic heterocycles. The molecule has 6 atom stereocenters. The van der Waals surface area contributed by atoms with E-state index in [-0.39, 0.29) is 28.7 Å². The first-order valence-corrected chi connectivity index (χ1v) is 12.5. The molecule has 5 unspecified atom stereocenters. The molecule has 4 aliphatic carbocycles. The molecular formula is C26H36F2N2S. The summed E-state index contributed by atoms with van der Waals surface area (Å²) in [7, 11) is 0. The average molecular weight is 447 g/mol. The molecule has 1 heterocycles. The van der Waals surface area contributed by atoms with Crippen LogP contribution in [0, 0.1) is 28.6 Å². The predicted molar refractivity (Wildman–Crippen MR) is 125 cm³/mol. The number of rotatable bonds is 5. The van der Waals surface area contributed by atoms with E-state index < -0.39 is 6.43 Å². The SMILES string of the molecule is CC1(C)CN(C(=S)C23CC4CC(c5ccccc5)(CC2C4CCC(F)F)C3)CC[C@@H]1N. The smallest absolute Gasteiger partial charge is 0.238 e. The van der Waals surface area contributed by atoms with E-state index >= 15 is 0 Å². The second-order valence-electron chi connectivity index (χ2n) is 11.7. The summed E-state index contributed by atoms with van der Waals surface area (Å²) in [5.74, 6) is 1.35. The summed E-state index contributed by atoms with van der Waals surface area (Å²) >= 11 is 6.30. The molecule has 1 saturated heterocycles. The number of thiocarbonyl (C=S) groups is 1. The van der Waals surface area contributed by atoms with Gasteiger partial charge in [-0.15, -0.1) is 0 Å². The van der Waals surface area contributed by atoms with E-state index in [2.05, 4.69) is 49.1 Å². The fourth-order valence-corrected chi connectivity index (χ4v) is 8.57. The number of piperidine rings is 1. The van der Waals surface area contributed by atoms with Crippen molar-refractivity contribution in [2.24, 2.45) is 34.3 Å². The number of alkyl halides is 2. The van der Waals surface area contributed by atoms with Gasteiger partial charge in [0.2, 0.25) is 6.43 Å². The molecule has 5 heteroatoms. The number of halogens is 2. The fourth-order valence-electron chi connectivity index (χ4n) is 8.11. The van der Waals surface area contributed by atoms with Crippen LogP contribution < -0.4 is 5.73 Å². The average Bonchev–Trinajstić information content (AvgIpc) is 3.10. The number of hydrogen-bond donors (Lipinski definition) is 1. The second-order valence-corrected chi connectivity index (χ2v) is 12.1. The highest BCUT2D eigenvalue weighted by molar-refractivity contribution is 7.80. The predicted octanol–water partition coefficient (Wildman–Crippen LogP) is 5.79. The van der Waals surface area contributed by atoms with Gasteiger partial charge in [-0.05, 0) is 72.7 Å². The van der Waals surface area contributed by atoms with Crippen molar-refractivity contribution in [3.8, 4) is 0 Å². The molecule has 0 aromatic heterocycles. The van der Waals surface area contributed by atoms with Gasteiger partial charge in [-0.3, -0.25) is 0 Å². The van der Waals surface area contributed by atoms with E-state index in [0.29, 0.717) is 24.2 Å². The van der Waals surface area contributed by atoms with Gasteiger partial charge in [-0.25, -0.2) is 8.78 Å². The van der Waals surface area contributed by atoms with Gasteiger partial charge >= 0.3 is 0 Å². The van der Waals surface area contributed by atoms with Crippen molar-refractivity contribution in [3.63, 3.8) is 0 Å². The Hall–Kier alpha value is -1.07. The molecule has 0 spiro atoms. The van der Waals surface area contributed by atoms with E-state index in [1.165, 1.54) is 5.56 Å². The zero-order valence-corrected chi connectivity index (χ0v) is 19.6. The monoisotopic (exact) mass is 446 g/mol. The van der Waals surface area contributed by atoms with Crippen LogP contribution in [-0.2, 0) is 5.41 Å². The molecule has 1 aromatic carbocycles. The molecule has 2 nitrogen and oxygen atoms in total. The van der Waals surface area contributed by atoms with Crippen LogP contribution in [0.25, 0.3) is 0 Å². The van der Waals surface area contributed by atoms with Gasteiger partial charge in [0.15, 0.2) is 0 Å². The molecule has 5 aliphatic rings. The summed E-state index contributed by atoms with van der Waals surface area (Å²) < 4.78 is 26.3. The van der Waals surface area contributed by atoms with Crippen LogP contribution in [-0.4, -0.2) is 35.4 Å². The van der Waals surface area contributed by atoms with Crippen LogP contribution >= 0.6 is 12.2 Å². The summed E-state index contributed by atoms with van der Waals surface area (Å²) in [6, 6.07) is 11.1. The lowest BCUT2D eigenvalue weighted by molar-refractivity contribution is 0.0995. The van der Waals surface area contributed by atoms with Gasteiger partial charge in [-0.2, -0.15) is 0 Å². The first-order valence-electron chi connectivity index (χ1n) is 12.1. The Bertz CT molecular complexity index is 843. The minimum atomic E-state index is -2.20. The van der Waals surface area contributed by atoms with Crippen molar-refractivity contribution in [2.75, 3.05) is 13.1 Å². The van der Waals surface area contributed by atoms with Gasteiger partial charge in [0, 0.05) is 31.0 Å². The van der Waals surface area contributed by atoms with Crippen LogP contribution in [0.3, 0.4) is 0 Å². The quantitative estimate of drug-likeness (QED) is 0.580. The highest BCUT2D eigenvalue weighted by Gasteiger charge is 2.69. The van der Waals surface area contributed by atoms with Crippen molar-refractivity contribution in [3.05, 3.63) is 35.9 Å². The maximum Gasteiger partial charge on any atom is 0.238 e. The Kier molecular flexibility index (Phi) is 5.25. The minimum Gasteiger partial charge on any atom is -0.365 e. The first-order chi connectivity index (χ1) is 14.7. The van der Waals surface area contributed by atoms with Crippen molar-refractivity contribution < 1.29 is 8.78 Å². The van der Waals surface area contributed by atoms with Crippen molar-refractivity contribution in [2.45, 2.75) is 76.7 Å². The van der Waals surface area contributed by atoms with Crippen molar-refractivity contribution >= 4 is 17.2 Å². The van der Waals surface area contributed by atoms with Crippen LogP contribution in [0.4, 0.5) is 8.78 Å². The van der Waals surface area contributed by atoms with Crippen LogP contribution in [0.5, 0.6) is 0 Å². The van der Waals surface area contributed by atoms with Gasteiger partial charge in [0.05, 0.1) is 4.99 Å². The molecule has 0 radical (unpaired) electrons. The maximum absolute atomic E-state index is 13.1. The third kappa shape index (κ3) is 3.37. The van der Waals surface area contributed by atoms with Gasteiger partial charge in [0.1, 0.15) is 0 Å². The maximum atomic E-state index is 13.1. The lowest BCUT2D eigenvalue weighted by atomic mass is 9.61. The van der Waals surface area contributed by atoms with Gasteiger partial charge in [0.25, 0.3) is 0 Å². The minimum absolute atomic E-state index is 0.00159. The Morgan fingerprint density at radius 2 is 1.94 bits per heavy atom. The summed E-state index contributed by atoms with van der Waals surface area (Å²) in [5.41, 5.74) is 8.05. The molecule has 4 bridgehead atoms. The Labute approximate surface area is 190 Å². The number of likely N-dealkylation sites (tertiary alicyclic amines) is 1.